The molecule has 2 heterocycles. The van der Waals surface area contributed by atoms with Crippen molar-refractivity contribution in [3.63, 3.8) is 0 Å². The molecule has 1 amide bonds. The maximum atomic E-state index is 12.2. The Balaban J connectivity index is 1.68. The van der Waals surface area contributed by atoms with Crippen LogP contribution in [0, 0.1) is 6.92 Å². The lowest BCUT2D eigenvalue weighted by Crippen LogP contribution is -2.36. The number of nitrogens with zero attached hydrogens (tertiary/aromatic N) is 3. The second-order valence-electron chi connectivity index (χ2n) is 5.18. The number of aryl methyl sites for hydroxylation is 1. The molecule has 1 aromatic carbocycles. The number of hydrogen-bond acceptors (Lipinski definition) is 5. The zero-order valence-electron chi connectivity index (χ0n) is 12.5. The van der Waals surface area contributed by atoms with Crippen LogP contribution in [-0.2, 0) is 4.74 Å². The fourth-order valence-corrected chi connectivity index (χ4v) is 2.31. The number of rotatable bonds is 3. The van der Waals surface area contributed by atoms with Gasteiger partial charge in [0, 0.05) is 18.8 Å². The summed E-state index contributed by atoms with van der Waals surface area (Å²) in [4.78, 5) is 22.8. The van der Waals surface area contributed by atoms with Gasteiger partial charge in [0.1, 0.15) is 11.5 Å². The Kier molecular flexibility index (Phi) is 4.29. The molecule has 1 aliphatic rings. The monoisotopic (exact) mass is 298 g/mol. The summed E-state index contributed by atoms with van der Waals surface area (Å²) >= 11 is 0. The summed E-state index contributed by atoms with van der Waals surface area (Å²) in [5, 5.41) is 2.82. The number of morpholine rings is 1. The number of carbonyl (C=O) groups excluding carboxylic acids is 1. The van der Waals surface area contributed by atoms with E-state index in [2.05, 4.69) is 20.2 Å². The first kappa shape index (κ1) is 14.5. The van der Waals surface area contributed by atoms with Crippen molar-refractivity contribution in [3.8, 4) is 0 Å². The first-order chi connectivity index (χ1) is 10.7. The molecule has 0 radical (unpaired) electrons. The van der Waals surface area contributed by atoms with Crippen molar-refractivity contribution in [1.29, 1.82) is 0 Å². The molecule has 0 bridgehead atoms. The van der Waals surface area contributed by atoms with Crippen molar-refractivity contribution in [2.24, 2.45) is 0 Å². The van der Waals surface area contributed by atoms with Gasteiger partial charge in [0.05, 0.1) is 25.6 Å². The number of amides is 1. The number of carbonyl (C=O) groups is 1. The van der Waals surface area contributed by atoms with Crippen molar-refractivity contribution in [2.75, 3.05) is 36.5 Å². The quantitative estimate of drug-likeness (QED) is 0.937. The van der Waals surface area contributed by atoms with Crippen LogP contribution < -0.4 is 10.2 Å². The van der Waals surface area contributed by atoms with Gasteiger partial charge in [-0.2, -0.15) is 0 Å². The van der Waals surface area contributed by atoms with E-state index in [0.717, 1.165) is 30.2 Å². The highest BCUT2D eigenvalue weighted by Crippen LogP contribution is 2.13. The third kappa shape index (κ3) is 3.40. The third-order valence-corrected chi connectivity index (χ3v) is 3.48. The summed E-state index contributed by atoms with van der Waals surface area (Å²) in [6, 6.07) is 7.64. The average molecular weight is 298 g/mol. The molecule has 1 aliphatic heterocycles. The van der Waals surface area contributed by atoms with E-state index in [9.17, 15) is 4.79 Å². The van der Waals surface area contributed by atoms with E-state index < -0.39 is 0 Å². The first-order valence-corrected chi connectivity index (χ1v) is 7.25. The number of hydrogen-bond donors (Lipinski definition) is 1. The molecule has 1 fully saturated rings. The molecule has 0 atom stereocenters. The maximum absolute atomic E-state index is 12.2. The van der Waals surface area contributed by atoms with Gasteiger partial charge in [0.25, 0.3) is 5.91 Å². The Labute approximate surface area is 129 Å². The van der Waals surface area contributed by atoms with Gasteiger partial charge in [-0.15, -0.1) is 0 Å². The molecule has 3 rings (SSSR count). The van der Waals surface area contributed by atoms with Gasteiger partial charge in [0.15, 0.2) is 0 Å². The number of ether oxygens (including phenoxy) is 1. The van der Waals surface area contributed by atoms with Crippen molar-refractivity contribution in [2.45, 2.75) is 6.92 Å². The highest BCUT2D eigenvalue weighted by Gasteiger charge is 2.14. The summed E-state index contributed by atoms with van der Waals surface area (Å²) < 4.78 is 5.31. The lowest BCUT2D eigenvalue weighted by atomic mass is 10.2. The van der Waals surface area contributed by atoms with E-state index in [4.69, 9.17) is 4.74 Å². The van der Waals surface area contributed by atoms with Gasteiger partial charge in [0.2, 0.25) is 0 Å². The van der Waals surface area contributed by atoms with Gasteiger partial charge in [-0.25, -0.2) is 9.97 Å². The minimum atomic E-state index is -0.258. The maximum Gasteiger partial charge on any atom is 0.275 e. The Morgan fingerprint density at radius 2 is 2.05 bits per heavy atom. The molecule has 114 valence electrons. The molecule has 0 aliphatic carbocycles. The summed E-state index contributed by atoms with van der Waals surface area (Å²) in [6.07, 6.45) is 3.15. The summed E-state index contributed by atoms with van der Waals surface area (Å²) in [5.41, 5.74) is 2.15. The van der Waals surface area contributed by atoms with Gasteiger partial charge in [-0.3, -0.25) is 4.79 Å². The Hall–Kier alpha value is -2.47. The van der Waals surface area contributed by atoms with Gasteiger partial charge in [-0.05, 0) is 24.6 Å². The van der Waals surface area contributed by atoms with E-state index >= 15 is 0 Å². The second-order valence-corrected chi connectivity index (χ2v) is 5.18. The van der Waals surface area contributed by atoms with E-state index in [1.165, 1.54) is 6.20 Å². The Morgan fingerprint density at radius 3 is 2.73 bits per heavy atom. The second kappa shape index (κ2) is 6.53. The molecule has 1 saturated heterocycles. The molecule has 0 spiro atoms. The molecule has 22 heavy (non-hydrogen) atoms. The van der Waals surface area contributed by atoms with Crippen LogP contribution in [0.25, 0.3) is 0 Å². The largest absolute Gasteiger partial charge is 0.378 e. The molecule has 6 nitrogen and oxygen atoms in total. The van der Waals surface area contributed by atoms with E-state index in [-0.39, 0.29) is 5.91 Å². The average Bonchev–Trinajstić information content (AvgIpc) is 2.56. The number of aromatic nitrogens is 2. The predicted molar refractivity (Wildman–Crippen MR) is 84.2 cm³/mol. The lowest BCUT2D eigenvalue weighted by molar-refractivity contribution is 0.102. The molecule has 0 unspecified atom stereocenters. The zero-order chi connectivity index (χ0) is 15.4. The van der Waals surface area contributed by atoms with E-state index in [1.807, 2.05) is 31.2 Å². The molecule has 6 heteroatoms. The zero-order valence-corrected chi connectivity index (χ0v) is 12.5. The predicted octanol–water partition coefficient (Wildman–Crippen LogP) is 1.87. The van der Waals surface area contributed by atoms with E-state index in [1.54, 1.807) is 6.20 Å². The minimum absolute atomic E-state index is 0.258. The van der Waals surface area contributed by atoms with Crippen molar-refractivity contribution in [3.05, 3.63) is 47.9 Å². The van der Waals surface area contributed by atoms with Crippen molar-refractivity contribution >= 4 is 17.4 Å². The van der Waals surface area contributed by atoms with Gasteiger partial charge < -0.3 is 15.0 Å². The molecular weight excluding hydrogens is 280 g/mol. The molecule has 2 aromatic rings. The molecule has 0 saturated carbocycles. The van der Waals surface area contributed by atoms with Gasteiger partial charge in [-0.1, -0.05) is 12.1 Å². The van der Waals surface area contributed by atoms with Gasteiger partial charge >= 0.3 is 0 Å². The number of nitrogens with one attached hydrogen (secondary N) is 1. The first-order valence-electron chi connectivity index (χ1n) is 7.25. The molecule has 1 aromatic heterocycles. The van der Waals surface area contributed by atoms with Crippen LogP contribution in [0.1, 0.15) is 16.1 Å². The fourth-order valence-electron chi connectivity index (χ4n) is 2.31. The normalized spacial score (nSPS) is 14.7. The topological polar surface area (TPSA) is 67.4 Å². The number of benzene rings is 1. The highest BCUT2D eigenvalue weighted by atomic mass is 16.5. The number of anilines is 2. The summed E-state index contributed by atoms with van der Waals surface area (Å²) in [7, 11) is 0. The Morgan fingerprint density at radius 1 is 1.23 bits per heavy atom. The van der Waals surface area contributed by atoms with Crippen LogP contribution in [0.5, 0.6) is 0 Å². The summed E-state index contributed by atoms with van der Waals surface area (Å²) in [5.74, 6) is 0.516. The van der Waals surface area contributed by atoms with Crippen LogP contribution >= 0.6 is 0 Å². The highest BCUT2D eigenvalue weighted by molar-refractivity contribution is 6.02. The minimum Gasteiger partial charge on any atom is -0.378 e. The smallest absolute Gasteiger partial charge is 0.275 e. The molecular formula is C16H18N4O2. The van der Waals surface area contributed by atoms with Crippen LogP contribution in [0.3, 0.4) is 0 Å². The van der Waals surface area contributed by atoms with Crippen LogP contribution in [0.15, 0.2) is 36.7 Å². The fraction of sp³-hybridized carbons (Fsp3) is 0.312. The standard InChI is InChI=1S/C16H18N4O2/c1-12-3-2-4-13(9-12)19-16(21)14-10-18-15(11-17-14)20-5-7-22-8-6-20/h2-4,9-11H,5-8H2,1H3,(H,19,21). The summed E-state index contributed by atoms with van der Waals surface area (Å²) in [6.45, 7) is 4.95. The lowest BCUT2D eigenvalue weighted by Gasteiger charge is -2.27. The third-order valence-electron chi connectivity index (χ3n) is 3.48. The van der Waals surface area contributed by atoms with Crippen LogP contribution in [0.4, 0.5) is 11.5 Å². The SMILES string of the molecule is Cc1cccc(NC(=O)c2cnc(N3CCOCC3)cn2)c1. The van der Waals surface area contributed by atoms with Crippen LogP contribution in [-0.4, -0.2) is 42.2 Å². The van der Waals surface area contributed by atoms with E-state index in [0.29, 0.717) is 18.9 Å². The van der Waals surface area contributed by atoms with Crippen molar-refractivity contribution in [1.82, 2.24) is 9.97 Å². The van der Waals surface area contributed by atoms with Crippen LogP contribution in [0.2, 0.25) is 0 Å². The molecule has 1 N–H and O–H groups in total. The van der Waals surface area contributed by atoms with Crippen molar-refractivity contribution < 1.29 is 9.53 Å². The Bertz CT molecular complexity index is 651.